The second kappa shape index (κ2) is 7.82. The highest BCUT2D eigenvalue weighted by atomic mass is 32.2. The van der Waals surface area contributed by atoms with Gasteiger partial charge in [-0.1, -0.05) is 30.3 Å². The minimum absolute atomic E-state index is 0.225. The first kappa shape index (κ1) is 16.3. The highest BCUT2D eigenvalue weighted by Crippen LogP contribution is 2.22. The second-order valence-corrected chi connectivity index (χ2v) is 5.44. The lowest BCUT2D eigenvalue weighted by atomic mass is 10.1. The first-order chi connectivity index (χ1) is 10.6. The van der Waals surface area contributed by atoms with Crippen LogP contribution < -0.4 is 10.6 Å². The Balaban J connectivity index is 2.01. The van der Waals surface area contributed by atoms with Crippen molar-refractivity contribution in [3.8, 4) is 0 Å². The molecule has 116 valence electrons. The predicted octanol–water partition coefficient (Wildman–Crippen LogP) is 3.40. The maximum atomic E-state index is 13.7. The topological polar surface area (TPSA) is 61.4 Å². The molecular formula is C16H17FN2O2S. The third-order valence-electron chi connectivity index (χ3n) is 3.10. The zero-order valence-corrected chi connectivity index (χ0v) is 12.9. The molecule has 0 spiro atoms. The van der Waals surface area contributed by atoms with Gasteiger partial charge in [0.2, 0.25) is 0 Å². The van der Waals surface area contributed by atoms with Crippen molar-refractivity contribution in [3.05, 3.63) is 59.9 Å². The van der Waals surface area contributed by atoms with Crippen molar-refractivity contribution in [2.45, 2.75) is 10.9 Å². The van der Waals surface area contributed by atoms with E-state index in [0.29, 0.717) is 10.6 Å². The van der Waals surface area contributed by atoms with Crippen LogP contribution in [0.2, 0.25) is 0 Å². The molecule has 22 heavy (non-hydrogen) atoms. The van der Waals surface area contributed by atoms with E-state index in [1.165, 1.54) is 17.8 Å². The summed E-state index contributed by atoms with van der Waals surface area (Å²) in [5, 5.41) is 14.6. The van der Waals surface area contributed by atoms with Crippen LogP contribution >= 0.6 is 11.8 Å². The standard InChI is InChI=1S/C16H17FN2O2S/c1-22-15-8-7-12(9-13(15)17)18-16(21)19-14(10-20)11-5-3-2-4-6-11/h2-9,14,20H,10H2,1H3,(H2,18,19,21). The summed E-state index contributed by atoms with van der Waals surface area (Å²) in [6.07, 6.45) is 1.78. The van der Waals surface area contributed by atoms with Gasteiger partial charge in [-0.05, 0) is 30.0 Å². The lowest BCUT2D eigenvalue weighted by Gasteiger charge is -2.17. The molecule has 0 saturated carbocycles. The quantitative estimate of drug-likeness (QED) is 0.740. The van der Waals surface area contributed by atoms with E-state index >= 15 is 0 Å². The second-order valence-electron chi connectivity index (χ2n) is 4.59. The van der Waals surface area contributed by atoms with Gasteiger partial charge in [0.15, 0.2) is 0 Å². The van der Waals surface area contributed by atoms with Gasteiger partial charge < -0.3 is 15.7 Å². The van der Waals surface area contributed by atoms with Gasteiger partial charge in [-0.3, -0.25) is 0 Å². The largest absolute Gasteiger partial charge is 0.394 e. The van der Waals surface area contributed by atoms with Crippen molar-refractivity contribution < 1.29 is 14.3 Å². The van der Waals surface area contributed by atoms with E-state index in [1.807, 2.05) is 30.3 Å². The number of nitrogens with one attached hydrogen (secondary N) is 2. The summed E-state index contributed by atoms with van der Waals surface area (Å²) in [5.74, 6) is -0.382. The van der Waals surface area contributed by atoms with E-state index in [0.717, 1.165) is 5.56 Å². The van der Waals surface area contributed by atoms with Gasteiger partial charge in [-0.2, -0.15) is 0 Å². The number of benzene rings is 2. The molecule has 0 aliphatic carbocycles. The number of amides is 2. The zero-order valence-electron chi connectivity index (χ0n) is 12.0. The first-order valence-corrected chi connectivity index (χ1v) is 7.93. The van der Waals surface area contributed by atoms with E-state index in [-0.39, 0.29) is 12.4 Å². The first-order valence-electron chi connectivity index (χ1n) is 6.71. The summed E-state index contributed by atoms with van der Waals surface area (Å²) in [6, 6.07) is 12.6. The van der Waals surface area contributed by atoms with E-state index in [1.54, 1.807) is 18.4 Å². The SMILES string of the molecule is CSc1ccc(NC(=O)NC(CO)c2ccccc2)cc1F. The number of carbonyl (C=O) groups is 1. The number of halogens is 1. The third kappa shape index (κ3) is 4.22. The van der Waals surface area contributed by atoms with E-state index in [9.17, 15) is 14.3 Å². The maximum absolute atomic E-state index is 13.7. The summed E-state index contributed by atoms with van der Waals surface area (Å²) >= 11 is 1.30. The summed E-state index contributed by atoms with van der Waals surface area (Å²) in [5.41, 5.74) is 1.15. The highest BCUT2D eigenvalue weighted by molar-refractivity contribution is 7.98. The van der Waals surface area contributed by atoms with Crippen LogP contribution in [-0.4, -0.2) is 24.0 Å². The Bertz CT molecular complexity index is 637. The number of urea groups is 1. The molecule has 2 aromatic rings. The minimum atomic E-state index is -0.517. The molecule has 2 aromatic carbocycles. The summed E-state index contributed by atoms with van der Waals surface area (Å²) < 4.78 is 13.7. The zero-order chi connectivity index (χ0) is 15.9. The van der Waals surface area contributed by atoms with Crippen LogP contribution in [0, 0.1) is 5.82 Å². The van der Waals surface area contributed by atoms with Crippen LogP contribution in [-0.2, 0) is 0 Å². The lowest BCUT2D eigenvalue weighted by molar-refractivity contribution is 0.225. The van der Waals surface area contributed by atoms with E-state index in [4.69, 9.17) is 0 Å². The van der Waals surface area contributed by atoms with Gasteiger partial charge in [0.25, 0.3) is 0 Å². The van der Waals surface area contributed by atoms with Crippen LogP contribution in [0.25, 0.3) is 0 Å². The lowest BCUT2D eigenvalue weighted by Crippen LogP contribution is -2.34. The smallest absolute Gasteiger partial charge is 0.319 e. The van der Waals surface area contributed by atoms with Crippen LogP contribution in [0.15, 0.2) is 53.4 Å². The number of hydrogen-bond acceptors (Lipinski definition) is 3. The molecule has 1 atom stereocenters. The molecule has 0 aliphatic rings. The molecule has 6 heteroatoms. The number of aliphatic hydroxyl groups excluding tert-OH is 1. The molecule has 0 bridgehead atoms. The molecule has 0 fully saturated rings. The Morgan fingerprint density at radius 2 is 2.00 bits per heavy atom. The third-order valence-corrected chi connectivity index (χ3v) is 3.87. The average Bonchev–Trinajstić information content (AvgIpc) is 2.53. The molecule has 4 nitrogen and oxygen atoms in total. The molecule has 1 unspecified atom stereocenters. The van der Waals surface area contributed by atoms with Gasteiger partial charge in [-0.15, -0.1) is 11.8 Å². The van der Waals surface area contributed by atoms with Crippen molar-refractivity contribution in [1.29, 1.82) is 0 Å². The molecule has 3 N–H and O–H groups in total. The predicted molar refractivity (Wildman–Crippen MR) is 86.6 cm³/mol. The number of anilines is 1. The normalized spacial score (nSPS) is 11.8. The molecule has 0 saturated heterocycles. The van der Waals surface area contributed by atoms with Gasteiger partial charge in [0.05, 0.1) is 12.6 Å². The Morgan fingerprint density at radius 1 is 1.27 bits per heavy atom. The number of carbonyl (C=O) groups excluding carboxylic acids is 1. The minimum Gasteiger partial charge on any atom is -0.394 e. The van der Waals surface area contributed by atoms with Gasteiger partial charge in [0, 0.05) is 10.6 Å². The Labute approximate surface area is 132 Å². The molecular weight excluding hydrogens is 303 g/mol. The Morgan fingerprint density at radius 3 is 2.59 bits per heavy atom. The summed E-state index contributed by atoms with van der Waals surface area (Å²) in [7, 11) is 0. The number of rotatable bonds is 5. The van der Waals surface area contributed by atoms with Crippen molar-refractivity contribution in [3.63, 3.8) is 0 Å². The number of thioether (sulfide) groups is 1. The number of hydrogen-bond donors (Lipinski definition) is 3. The summed E-state index contributed by atoms with van der Waals surface area (Å²) in [6.45, 7) is -0.225. The molecule has 0 radical (unpaired) electrons. The fraction of sp³-hybridized carbons (Fsp3) is 0.188. The van der Waals surface area contributed by atoms with E-state index in [2.05, 4.69) is 10.6 Å². The average molecular weight is 320 g/mol. The number of aliphatic hydroxyl groups is 1. The maximum Gasteiger partial charge on any atom is 0.319 e. The van der Waals surface area contributed by atoms with Crippen molar-refractivity contribution >= 4 is 23.5 Å². The fourth-order valence-electron chi connectivity index (χ4n) is 1.99. The molecule has 0 aliphatic heterocycles. The highest BCUT2D eigenvalue weighted by Gasteiger charge is 2.13. The fourth-order valence-corrected chi connectivity index (χ4v) is 2.45. The van der Waals surface area contributed by atoms with Gasteiger partial charge in [0.1, 0.15) is 5.82 Å². The van der Waals surface area contributed by atoms with Crippen LogP contribution in [0.3, 0.4) is 0 Å². The van der Waals surface area contributed by atoms with Crippen molar-refractivity contribution in [2.75, 3.05) is 18.2 Å². The van der Waals surface area contributed by atoms with Crippen LogP contribution in [0.1, 0.15) is 11.6 Å². The van der Waals surface area contributed by atoms with Crippen LogP contribution in [0.4, 0.5) is 14.9 Å². The molecule has 0 heterocycles. The van der Waals surface area contributed by atoms with Gasteiger partial charge in [-0.25, -0.2) is 9.18 Å². The monoisotopic (exact) mass is 320 g/mol. The van der Waals surface area contributed by atoms with Crippen LogP contribution in [0.5, 0.6) is 0 Å². The van der Waals surface area contributed by atoms with Gasteiger partial charge >= 0.3 is 6.03 Å². The van der Waals surface area contributed by atoms with Crippen molar-refractivity contribution in [2.24, 2.45) is 0 Å². The molecule has 2 amide bonds. The molecule has 2 rings (SSSR count). The summed E-state index contributed by atoms with van der Waals surface area (Å²) in [4.78, 5) is 12.5. The molecule has 0 aromatic heterocycles. The Kier molecular flexibility index (Phi) is 5.80. The van der Waals surface area contributed by atoms with E-state index < -0.39 is 12.1 Å². The van der Waals surface area contributed by atoms with Crippen molar-refractivity contribution in [1.82, 2.24) is 5.32 Å². The Hall–Kier alpha value is -2.05.